The maximum Gasteiger partial charge on any atom is 0.121 e. The maximum atomic E-state index is 6.58. The van der Waals surface area contributed by atoms with E-state index in [2.05, 4.69) is 149 Å². The van der Waals surface area contributed by atoms with Gasteiger partial charge in [-0.05, 0) is 72.2 Å². The van der Waals surface area contributed by atoms with Gasteiger partial charge < -0.3 is 9.40 Å². The van der Waals surface area contributed by atoms with Crippen LogP contribution in [-0.2, 0) is 26.5 Å². The average Bonchev–Trinajstić information content (AvgIpc) is 3.89. The Bertz CT molecular complexity index is 2550. The summed E-state index contributed by atoms with van der Waals surface area (Å²) in [6.45, 7) is 11.0. The number of benzene rings is 4. The van der Waals surface area contributed by atoms with Crippen LogP contribution in [-0.4, -0.2) is 23.2 Å². The minimum absolute atomic E-state index is 0. The van der Waals surface area contributed by atoms with Crippen LogP contribution in [0.2, 0.25) is 17.3 Å². The van der Waals surface area contributed by atoms with Gasteiger partial charge in [0.1, 0.15) is 5.58 Å². The summed E-state index contributed by atoms with van der Waals surface area (Å²) in [4.78, 5) is 9.63. The van der Waals surface area contributed by atoms with Crippen molar-refractivity contribution in [1.82, 2.24) is 9.97 Å². The van der Waals surface area contributed by atoms with Gasteiger partial charge in [-0.1, -0.05) is 86.0 Å². The van der Waals surface area contributed by atoms with E-state index in [-0.39, 0.29) is 20.1 Å². The Labute approximate surface area is 375 Å². The van der Waals surface area contributed by atoms with Crippen molar-refractivity contribution < 1.29 is 24.5 Å². The van der Waals surface area contributed by atoms with Gasteiger partial charge in [0.15, 0.2) is 0 Å². The van der Waals surface area contributed by atoms with Gasteiger partial charge in [-0.25, -0.2) is 0 Å². The fourth-order valence-corrected chi connectivity index (χ4v) is 13.4. The van der Waals surface area contributed by atoms with Crippen LogP contribution in [0.1, 0.15) is 104 Å². The number of pyridine rings is 2. The van der Waals surface area contributed by atoms with Crippen molar-refractivity contribution in [3.05, 3.63) is 137 Å². The van der Waals surface area contributed by atoms with Crippen LogP contribution in [0.15, 0.2) is 95.7 Å². The van der Waals surface area contributed by atoms with Crippen molar-refractivity contribution in [2.75, 3.05) is 0 Å². The van der Waals surface area contributed by atoms with Gasteiger partial charge in [-0.3, -0.25) is 0 Å². The van der Waals surface area contributed by atoms with Gasteiger partial charge in [-0.15, -0.1) is 17.7 Å². The first kappa shape index (κ1) is 44.2. The zero-order valence-electron chi connectivity index (χ0n) is 37.1. The first-order valence-electron chi connectivity index (χ1n) is 22.3. The van der Waals surface area contributed by atoms with Crippen molar-refractivity contribution in [1.29, 1.82) is 0 Å². The molecule has 0 N–H and O–H groups in total. The van der Waals surface area contributed by atoms with E-state index in [1.807, 2.05) is 6.20 Å². The molecule has 0 spiro atoms. The molecule has 1 radical (unpaired) electrons. The molecule has 313 valence electrons. The van der Waals surface area contributed by atoms with Crippen LogP contribution in [0.25, 0.3) is 55.6 Å². The number of hydrogen-bond donors (Lipinski definition) is 0. The molecular formula is C55H62GeIrN2O-2. The number of furan rings is 1. The molecule has 0 saturated heterocycles. The van der Waals surface area contributed by atoms with Gasteiger partial charge in [0.25, 0.3) is 0 Å². The van der Waals surface area contributed by atoms with E-state index in [1.165, 1.54) is 109 Å². The zero-order valence-corrected chi connectivity index (χ0v) is 41.6. The monoisotopic (exact) mass is 1030 g/mol. The van der Waals surface area contributed by atoms with E-state index in [0.29, 0.717) is 5.92 Å². The van der Waals surface area contributed by atoms with E-state index in [9.17, 15) is 0 Å². The van der Waals surface area contributed by atoms with Crippen LogP contribution >= 0.6 is 0 Å². The summed E-state index contributed by atoms with van der Waals surface area (Å²) in [5.41, 5.74) is 16.3. The summed E-state index contributed by atoms with van der Waals surface area (Å²) in [5, 5.41) is 2.33. The van der Waals surface area contributed by atoms with Crippen LogP contribution < -0.4 is 4.40 Å². The quantitative estimate of drug-likeness (QED) is 0.112. The number of aromatic nitrogens is 2. The molecule has 7 aromatic rings. The van der Waals surface area contributed by atoms with Gasteiger partial charge >= 0.3 is 150 Å². The molecule has 3 aromatic heterocycles. The Morgan fingerprint density at radius 1 is 0.783 bits per heavy atom. The third-order valence-corrected chi connectivity index (χ3v) is 17.6. The second kappa shape index (κ2) is 19.1. The topological polar surface area (TPSA) is 38.9 Å². The minimum Gasteiger partial charge on any atom is -0.501 e. The molecule has 4 aromatic carbocycles. The first-order chi connectivity index (χ1) is 28.4. The summed E-state index contributed by atoms with van der Waals surface area (Å²) in [6, 6.07) is 35.3. The predicted octanol–water partition coefficient (Wildman–Crippen LogP) is 14.9. The van der Waals surface area contributed by atoms with E-state index < -0.39 is 13.3 Å². The number of aryl methyl sites for hydroxylation is 4. The molecule has 2 saturated carbocycles. The molecule has 2 fully saturated rings. The summed E-state index contributed by atoms with van der Waals surface area (Å²) in [5.74, 6) is 9.65. The van der Waals surface area contributed by atoms with Crippen molar-refractivity contribution in [3.63, 3.8) is 0 Å². The molecule has 3 heterocycles. The molecule has 5 heteroatoms. The molecule has 2 aliphatic rings. The smallest absolute Gasteiger partial charge is 0.121 e. The standard InChI is InChI=1S/C33H32NO.C22H30GeN.Ir/c1-21-14-15-27(30-19-26(16-17-34-30)23(3)24-10-6-4-7-11-24)33-32(21)29-18-22(2)28(20-31(29)35-33)25-12-8-5-9-13-25;1-16-10-17(2)12-20(11-16)22-14-19(13-18-8-6-7-9-18)21(15-24-22)23(3,4)5;/h5,8-9,12-14,16-20,23-24H,4,6-7,10-11H2,1-3H3;10-11,14-15,18H,6-9,13H2,1-5H3;/q2*-1;. The Balaban J connectivity index is 0.000000192. The van der Waals surface area contributed by atoms with Crippen molar-refractivity contribution in [3.8, 4) is 33.6 Å². The third-order valence-electron chi connectivity index (χ3n) is 13.3. The maximum absolute atomic E-state index is 6.58. The molecule has 0 aliphatic heterocycles. The summed E-state index contributed by atoms with van der Waals surface area (Å²) < 4.78 is 8.17. The number of fused-ring (bicyclic) bond motifs is 3. The average molecular weight is 1030 g/mol. The van der Waals surface area contributed by atoms with E-state index in [1.54, 1.807) is 9.96 Å². The van der Waals surface area contributed by atoms with E-state index in [4.69, 9.17) is 14.4 Å². The van der Waals surface area contributed by atoms with Crippen LogP contribution in [0.5, 0.6) is 0 Å². The molecule has 1 atom stereocenters. The molecule has 0 bridgehead atoms. The minimum atomic E-state index is -1.90. The van der Waals surface area contributed by atoms with Crippen molar-refractivity contribution in [2.24, 2.45) is 11.8 Å². The molecule has 1 unspecified atom stereocenters. The fourth-order valence-electron chi connectivity index (χ4n) is 10.1. The van der Waals surface area contributed by atoms with E-state index >= 15 is 0 Å². The molecule has 9 rings (SSSR count). The second-order valence-corrected chi connectivity index (χ2v) is 29.5. The van der Waals surface area contributed by atoms with Crippen LogP contribution in [0.3, 0.4) is 0 Å². The number of nitrogens with zero attached hydrogens (tertiary/aromatic N) is 2. The van der Waals surface area contributed by atoms with Gasteiger partial charge in [0, 0.05) is 31.7 Å². The Morgan fingerprint density at radius 2 is 1.52 bits per heavy atom. The van der Waals surface area contributed by atoms with Crippen molar-refractivity contribution >= 4 is 39.6 Å². The van der Waals surface area contributed by atoms with Crippen LogP contribution in [0, 0.1) is 51.7 Å². The summed E-state index contributed by atoms with van der Waals surface area (Å²) in [6.07, 6.45) is 17.9. The largest absolute Gasteiger partial charge is 0.501 e. The first-order valence-corrected chi connectivity index (χ1v) is 29.7. The predicted molar refractivity (Wildman–Crippen MR) is 252 cm³/mol. The zero-order chi connectivity index (χ0) is 41.3. The molecular weight excluding hydrogens is 969 g/mol. The van der Waals surface area contributed by atoms with Gasteiger partial charge in [0.2, 0.25) is 0 Å². The SMILES string of the molecule is Cc1[c-]c(-c2cc(CC3CCCC3)[c]([Ge]([CH3])([CH3])[CH3])cn2)cc(C)c1.Cc1cc2c(cc1-c1ccccc1)oc1c(-c3cc(C(C)C4CCCCC4)ccn3)[c-]cc(C)c12.[Ir]. The summed E-state index contributed by atoms with van der Waals surface area (Å²) in [7, 11) is 0. The normalized spacial score (nSPS) is 15.5. The van der Waals surface area contributed by atoms with E-state index in [0.717, 1.165) is 50.9 Å². The molecule has 3 nitrogen and oxygen atoms in total. The summed E-state index contributed by atoms with van der Waals surface area (Å²) >= 11 is -1.90. The van der Waals surface area contributed by atoms with Crippen LogP contribution in [0.4, 0.5) is 0 Å². The Kier molecular flexibility index (Phi) is 14.1. The second-order valence-electron chi connectivity index (χ2n) is 18.9. The molecule has 0 amide bonds. The molecule has 2 aliphatic carbocycles. The molecule has 60 heavy (non-hydrogen) atoms. The van der Waals surface area contributed by atoms with Gasteiger partial charge in [0.05, 0.1) is 5.58 Å². The fraction of sp³-hybridized carbons (Fsp3) is 0.382. The Morgan fingerprint density at radius 3 is 2.23 bits per heavy atom. The van der Waals surface area contributed by atoms with Crippen molar-refractivity contribution in [2.45, 2.75) is 122 Å². The third kappa shape index (κ3) is 9.78. The van der Waals surface area contributed by atoms with Gasteiger partial charge in [-0.2, -0.15) is 0 Å². The number of rotatable bonds is 8. The number of hydrogen-bond acceptors (Lipinski definition) is 3. The Hall–Kier alpha value is -3.83.